The molecule has 1 rings (SSSR count). The summed E-state index contributed by atoms with van der Waals surface area (Å²) >= 11 is 1.28. The minimum atomic E-state index is 0.121. The van der Waals surface area contributed by atoms with Gasteiger partial charge in [-0.15, -0.1) is 5.10 Å². The van der Waals surface area contributed by atoms with Gasteiger partial charge in [-0.3, -0.25) is 4.90 Å². The number of hydrogen-bond donors (Lipinski definition) is 2. The summed E-state index contributed by atoms with van der Waals surface area (Å²) < 4.78 is 3.85. The quantitative estimate of drug-likeness (QED) is 0.583. The number of nitrogen functional groups attached to an aromatic ring is 1. The first-order chi connectivity index (χ1) is 6.45. The van der Waals surface area contributed by atoms with Gasteiger partial charge in [-0.1, -0.05) is 4.49 Å². The van der Waals surface area contributed by atoms with Crippen molar-refractivity contribution in [2.24, 2.45) is 5.84 Å². The number of nitrogens with one attached hydrogen (secondary N) is 1. The van der Waals surface area contributed by atoms with Crippen LogP contribution in [0.15, 0.2) is 0 Å². The summed E-state index contributed by atoms with van der Waals surface area (Å²) in [5.74, 6) is 5.34. The molecule has 14 heavy (non-hydrogen) atoms. The molecule has 0 aliphatic rings. The van der Waals surface area contributed by atoms with Gasteiger partial charge in [0.1, 0.15) is 10.7 Å². The average Bonchev–Trinajstić information content (AvgIpc) is 2.50. The number of nitrogens with zero attached hydrogens (tertiary/aromatic N) is 3. The van der Waals surface area contributed by atoms with Crippen LogP contribution in [0.2, 0.25) is 0 Å². The summed E-state index contributed by atoms with van der Waals surface area (Å²) in [6.45, 7) is 7.21. The summed E-state index contributed by atoms with van der Waals surface area (Å²) in [5, 5.41) is 4.86. The highest BCUT2D eigenvalue weighted by Crippen LogP contribution is 2.20. The minimum Gasteiger partial charge on any atom is -0.313 e. The third kappa shape index (κ3) is 2.63. The van der Waals surface area contributed by atoms with Gasteiger partial charge in [-0.2, -0.15) is 0 Å². The van der Waals surface area contributed by atoms with E-state index in [4.69, 9.17) is 5.84 Å². The molecule has 3 N–H and O–H groups in total. The number of hydrogen-bond acceptors (Lipinski definition) is 6. The molecule has 0 saturated heterocycles. The van der Waals surface area contributed by atoms with E-state index in [1.165, 1.54) is 11.5 Å². The van der Waals surface area contributed by atoms with Gasteiger partial charge in [-0.25, -0.2) is 5.84 Å². The number of nitrogens with two attached hydrogens (primary N) is 1. The maximum Gasteiger partial charge on any atom is 0.148 e. The Labute approximate surface area is 88.4 Å². The summed E-state index contributed by atoms with van der Waals surface area (Å²) in [4.78, 5) is 2.20. The summed E-state index contributed by atoms with van der Waals surface area (Å²) in [6.07, 6.45) is 0. The molecule has 0 unspecified atom stereocenters. The standard InChI is InChI=1S/C8H17N5S/c1-8(2,3)13(4)5-6-7(10-9)14-12-11-6/h10H,5,9H2,1-4H3. The lowest BCUT2D eigenvalue weighted by molar-refractivity contribution is 0.165. The maximum atomic E-state index is 5.34. The van der Waals surface area contributed by atoms with Crippen LogP contribution in [0, 0.1) is 0 Å². The van der Waals surface area contributed by atoms with E-state index < -0.39 is 0 Å². The van der Waals surface area contributed by atoms with Crippen molar-refractivity contribution in [3.63, 3.8) is 0 Å². The number of hydrazine groups is 1. The SMILES string of the molecule is CN(Cc1nnsc1NN)C(C)(C)C. The van der Waals surface area contributed by atoms with Gasteiger partial charge in [0.05, 0.1) is 0 Å². The van der Waals surface area contributed by atoms with Crippen LogP contribution < -0.4 is 11.3 Å². The van der Waals surface area contributed by atoms with Crippen LogP contribution in [0.1, 0.15) is 26.5 Å². The zero-order valence-corrected chi connectivity index (χ0v) is 9.85. The molecule has 0 atom stereocenters. The van der Waals surface area contributed by atoms with Crippen LogP contribution in [0.25, 0.3) is 0 Å². The fourth-order valence-electron chi connectivity index (χ4n) is 0.884. The molecule has 0 spiro atoms. The Balaban J connectivity index is 2.69. The third-order valence-corrected chi connectivity index (χ3v) is 2.92. The Morgan fingerprint density at radius 1 is 1.50 bits per heavy atom. The van der Waals surface area contributed by atoms with Crippen molar-refractivity contribution in [2.45, 2.75) is 32.9 Å². The Bertz CT molecular complexity index is 290. The molecule has 1 aromatic rings. The van der Waals surface area contributed by atoms with Crippen LogP contribution in [0.4, 0.5) is 5.00 Å². The van der Waals surface area contributed by atoms with Gasteiger partial charge in [0.15, 0.2) is 0 Å². The lowest BCUT2D eigenvalue weighted by Crippen LogP contribution is -2.37. The van der Waals surface area contributed by atoms with Gasteiger partial charge in [0.25, 0.3) is 0 Å². The van der Waals surface area contributed by atoms with Crippen LogP contribution in [-0.4, -0.2) is 27.1 Å². The van der Waals surface area contributed by atoms with Crippen molar-refractivity contribution in [3.8, 4) is 0 Å². The van der Waals surface area contributed by atoms with E-state index in [9.17, 15) is 0 Å². The van der Waals surface area contributed by atoms with E-state index in [0.29, 0.717) is 0 Å². The highest BCUT2D eigenvalue weighted by Gasteiger charge is 2.19. The first kappa shape index (κ1) is 11.4. The molecule has 0 aliphatic heterocycles. The smallest absolute Gasteiger partial charge is 0.148 e. The van der Waals surface area contributed by atoms with Crippen LogP contribution in [-0.2, 0) is 6.54 Å². The molecule has 1 aromatic heterocycles. The largest absolute Gasteiger partial charge is 0.313 e. The zero-order valence-electron chi connectivity index (χ0n) is 9.03. The first-order valence-electron chi connectivity index (χ1n) is 4.44. The maximum absolute atomic E-state index is 5.34. The van der Waals surface area contributed by atoms with E-state index in [1.54, 1.807) is 0 Å². The molecule has 0 aromatic carbocycles. The lowest BCUT2D eigenvalue weighted by Gasteiger charge is -2.31. The Kier molecular flexibility index (Phi) is 3.41. The van der Waals surface area contributed by atoms with Crippen molar-refractivity contribution in [1.29, 1.82) is 0 Å². The van der Waals surface area contributed by atoms with Gasteiger partial charge >= 0.3 is 0 Å². The van der Waals surface area contributed by atoms with Gasteiger partial charge in [0, 0.05) is 23.6 Å². The second kappa shape index (κ2) is 4.20. The number of rotatable bonds is 3. The number of anilines is 1. The molecule has 0 amide bonds. The normalized spacial score (nSPS) is 12.1. The molecule has 0 aliphatic carbocycles. The molecular formula is C8H17N5S. The fraction of sp³-hybridized carbons (Fsp3) is 0.750. The second-order valence-corrected chi connectivity index (χ2v) is 4.97. The predicted octanol–water partition coefficient (Wildman–Crippen LogP) is 1.05. The van der Waals surface area contributed by atoms with Crippen molar-refractivity contribution in [1.82, 2.24) is 14.5 Å². The Hall–Kier alpha value is -0.720. The highest BCUT2D eigenvalue weighted by molar-refractivity contribution is 7.10. The topological polar surface area (TPSA) is 67.1 Å². The molecule has 1 heterocycles. The molecule has 0 radical (unpaired) electrons. The molecule has 0 bridgehead atoms. The van der Waals surface area contributed by atoms with Crippen LogP contribution >= 0.6 is 11.5 Å². The van der Waals surface area contributed by atoms with Gasteiger partial charge < -0.3 is 5.43 Å². The molecule has 0 saturated carbocycles. The van der Waals surface area contributed by atoms with Gasteiger partial charge in [0.2, 0.25) is 0 Å². The third-order valence-electron chi connectivity index (χ3n) is 2.22. The molecule has 5 nitrogen and oxygen atoms in total. The van der Waals surface area contributed by atoms with E-state index in [1.807, 2.05) is 0 Å². The molecule has 0 fully saturated rings. The van der Waals surface area contributed by atoms with Crippen molar-refractivity contribution in [3.05, 3.63) is 5.69 Å². The zero-order chi connectivity index (χ0) is 10.8. The lowest BCUT2D eigenvalue weighted by atomic mass is 10.1. The molecule has 6 heteroatoms. The average molecular weight is 215 g/mol. The summed E-state index contributed by atoms with van der Waals surface area (Å²) in [6, 6.07) is 0. The van der Waals surface area contributed by atoms with E-state index in [0.717, 1.165) is 17.2 Å². The van der Waals surface area contributed by atoms with Gasteiger partial charge in [-0.05, 0) is 27.8 Å². The summed E-state index contributed by atoms with van der Waals surface area (Å²) in [7, 11) is 2.06. The van der Waals surface area contributed by atoms with E-state index >= 15 is 0 Å². The fourth-order valence-corrected chi connectivity index (χ4v) is 1.37. The van der Waals surface area contributed by atoms with E-state index in [2.05, 4.69) is 47.7 Å². The molecule has 80 valence electrons. The van der Waals surface area contributed by atoms with Crippen molar-refractivity contribution in [2.75, 3.05) is 12.5 Å². The first-order valence-corrected chi connectivity index (χ1v) is 5.21. The minimum absolute atomic E-state index is 0.121. The van der Waals surface area contributed by atoms with Crippen molar-refractivity contribution < 1.29 is 0 Å². The Morgan fingerprint density at radius 2 is 2.14 bits per heavy atom. The predicted molar refractivity (Wildman–Crippen MR) is 58.9 cm³/mol. The van der Waals surface area contributed by atoms with E-state index in [-0.39, 0.29) is 5.54 Å². The monoisotopic (exact) mass is 215 g/mol. The summed E-state index contributed by atoms with van der Waals surface area (Å²) in [5.41, 5.74) is 3.62. The van der Waals surface area contributed by atoms with Crippen LogP contribution in [0.3, 0.4) is 0 Å². The second-order valence-electron chi connectivity index (χ2n) is 4.22. The number of aromatic nitrogens is 2. The van der Waals surface area contributed by atoms with Crippen LogP contribution in [0.5, 0.6) is 0 Å². The Morgan fingerprint density at radius 3 is 2.64 bits per heavy atom. The van der Waals surface area contributed by atoms with Crippen molar-refractivity contribution >= 4 is 16.5 Å². The molecular weight excluding hydrogens is 198 g/mol. The highest BCUT2D eigenvalue weighted by atomic mass is 32.1.